The van der Waals surface area contributed by atoms with Gasteiger partial charge in [-0.25, -0.2) is 0 Å². The molecule has 2 aliphatic heterocycles. The summed E-state index contributed by atoms with van der Waals surface area (Å²) in [7, 11) is 0. The molecule has 0 amide bonds. The molecule has 6 fully saturated rings. The Hall–Kier alpha value is -1.02. The molecule has 2 heterocycles. The van der Waals surface area contributed by atoms with Crippen LogP contribution in [0.5, 0.6) is 0 Å². The third-order valence-corrected chi connectivity index (χ3v) is 11.6. The number of rotatable bonds is 1. The molecular formula is C29H40O6. The van der Waals surface area contributed by atoms with E-state index in [9.17, 15) is 10.2 Å². The largest absolute Gasteiger partial charge is 0.389 e. The second kappa shape index (κ2) is 7.30. The van der Waals surface area contributed by atoms with E-state index in [0.717, 1.165) is 37.7 Å². The second-order valence-corrected chi connectivity index (χ2v) is 12.9. The van der Waals surface area contributed by atoms with E-state index in [1.54, 1.807) is 0 Å². The molecule has 0 radical (unpaired) electrons. The molecule has 0 aromatic heterocycles. The predicted molar refractivity (Wildman–Crippen MR) is 128 cm³/mol. The van der Waals surface area contributed by atoms with Gasteiger partial charge < -0.3 is 29.2 Å². The van der Waals surface area contributed by atoms with Gasteiger partial charge in [0.15, 0.2) is 11.6 Å². The highest BCUT2D eigenvalue weighted by Gasteiger charge is 2.75. The molecule has 0 bridgehead atoms. The number of aliphatic hydroxyl groups is 2. The van der Waals surface area contributed by atoms with E-state index in [0.29, 0.717) is 51.6 Å². The summed E-state index contributed by atoms with van der Waals surface area (Å²) in [4.78, 5) is 0. The Balaban J connectivity index is 1.36. The lowest BCUT2D eigenvalue weighted by Gasteiger charge is -2.69. The van der Waals surface area contributed by atoms with Crippen molar-refractivity contribution in [2.45, 2.75) is 88.0 Å². The summed E-state index contributed by atoms with van der Waals surface area (Å²) in [6, 6.07) is 10.2. The highest BCUT2D eigenvalue weighted by molar-refractivity contribution is 5.31. The van der Waals surface area contributed by atoms with Crippen LogP contribution in [-0.4, -0.2) is 53.8 Å². The van der Waals surface area contributed by atoms with Crippen molar-refractivity contribution < 1.29 is 29.2 Å². The van der Waals surface area contributed by atoms with E-state index in [-0.39, 0.29) is 17.3 Å². The minimum Gasteiger partial charge on any atom is -0.389 e. The quantitative estimate of drug-likeness (QED) is 0.624. The summed E-state index contributed by atoms with van der Waals surface area (Å²) in [5.41, 5.74) is -1.81. The lowest BCUT2D eigenvalue weighted by Crippen LogP contribution is -2.71. The number of hydrogen-bond acceptors (Lipinski definition) is 6. The van der Waals surface area contributed by atoms with E-state index in [2.05, 4.69) is 26.0 Å². The van der Waals surface area contributed by atoms with Crippen molar-refractivity contribution in [2.24, 2.45) is 28.6 Å². The summed E-state index contributed by atoms with van der Waals surface area (Å²) < 4.78 is 24.9. The topological polar surface area (TPSA) is 77.4 Å². The molecule has 6 aliphatic rings. The number of benzene rings is 1. The van der Waals surface area contributed by atoms with Crippen LogP contribution in [0.1, 0.15) is 70.8 Å². The lowest BCUT2D eigenvalue weighted by atomic mass is 9.39. The molecule has 35 heavy (non-hydrogen) atoms. The Kier molecular flexibility index (Phi) is 4.82. The SMILES string of the molecule is CC12CCC3(CC1(O)CCC1C2C(O)(c2ccccc2)CC2(C)C1CCC21OCCO1)OCCO3. The van der Waals surface area contributed by atoms with Crippen molar-refractivity contribution >= 4 is 0 Å². The van der Waals surface area contributed by atoms with Crippen LogP contribution in [0.4, 0.5) is 0 Å². The fraction of sp³-hybridized carbons (Fsp3) is 0.793. The summed E-state index contributed by atoms with van der Waals surface area (Å²) in [6.07, 6.45) is 6.15. The van der Waals surface area contributed by atoms with Crippen LogP contribution in [0.3, 0.4) is 0 Å². The van der Waals surface area contributed by atoms with Crippen molar-refractivity contribution in [1.82, 2.24) is 0 Å². The zero-order valence-electron chi connectivity index (χ0n) is 21.1. The predicted octanol–water partition coefficient (Wildman–Crippen LogP) is 4.13. The molecule has 7 unspecified atom stereocenters. The normalized spacial score (nSPS) is 49.7. The van der Waals surface area contributed by atoms with Gasteiger partial charge in [0.25, 0.3) is 0 Å². The summed E-state index contributed by atoms with van der Waals surface area (Å²) in [5, 5.41) is 25.4. The van der Waals surface area contributed by atoms with Crippen LogP contribution >= 0.6 is 0 Å². The number of hydrogen-bond donors (Lipinski definition) is 2. The smallest absolute Gasteiger partial charge is 0.174 e. The van der Waals surface area contributed by atoms with Crippen molar-refractivity contribution in [3.05, 3.63) is 35.9 Å². The Labute approximate surface area is 208 Å². The molecule has 7 rings (SSSR count). The van der Waals surface area contributed by atoms with E-state index < -0.39 is 28.2 Å². The van der Waals surface area contributed by atoms with E-state index >= 15 is 0 Å². The Morgan fingerprint density at radius 3 is 2.14 bits per heavy atom. The summed E-state index contributed by atoms with van der Waals surface area (Å²) in [6.45, 7) is 6.99. The molecule has 6 heteroatoms. The van der Waals surface area contributed by atoms with Crippen molar-refractivity contribution in [3.8, 4) is 0 Å². The van der Waals surface area contributed by atoms with Gasteiger partial charge in [-0.1, -0.05) is 44.2 Å². The molecular weight excluding hydrogens is 444 g/mol. The van der Waals surface area contributed by atoms with Crippen LogP contribution in [0.2, 0.25) is 0 Å². The van der Waals surface area contributed by atoms with Crippen LogP contribution < -0.4 is 0 Å². The van der Waals surface area contributed by atoms with Crippen LogP contribution in [0, 0.1) is 28.6 Å². The third kappa shape index (κ3) is 2.82. The molecule has 1 aromatic rings. The minimum absolute atomic E-state index is 0.0652. The van der Waals surface area contributed by atoms with Crippen LogP contribution in [0.25, 0.3) is 0 Å². The highest BCUT2D eigenvalue weighted by atomic mass is 16.7. The molecule has 6 nitrogen and oxygen atoms in total. The van der Waals surface area contributed by atoms with E-state index in [1.165, 1.54) is 0 Å². The lowest BCUT2D eigenvalue weighted by molar-refractivity contribution is -0.329. The summed E-state index contributed by atoms with van der Waals surface area (Å²) >= 11 is 0. The maximum Gasteiger partial charge on any atom is 0.174 e. The molecule has 2 N–H and O–H groups in total. The average Bonchev–Trinajstić information content (AvgIpc) is 3.57. The fourth-order valence-corrected chi connectivity index (χ4v) is 10.1. The average molecular weight is 485 g/mol. The van der Waals surface area contributed by atoms with E-state index in [4.69, 9.17) is 18.9 Å². The Morgan fingerprint density at radius 1 is 0.743 bits per heavy atom. The molecule has 192 valence electrons. The van der Waals surface area contributed by atoms with Gasteiger partial charge in [-0.15, -0.1) is 0 Å². The van der Waals surface area contributed by atoms with Gasteiger partial charge in [0.1, 0.15) is 0 Å². The maximum atomic E-state index is 13.0. The first kappa shape index (κ1) is 23.1. The molecule has 1 aromatic carbocycles. The standard InChI is InChI=1S/C29H40O6/c1-24-12-13-27(32-14-15-33-27)19-26(24,30)10-8-21-22-9-11-29(34-16-17-35-29)25(22,2)18-28(31,23(21)24)20-6-4-3-5-7-20/h3-7,21-23,30-31H,8-19H2,1-2H3. The molecule has 7 atom stereocenters. The minimum atomic E-state index is -1.09. The zero-order chi connectivity index (χ0) is 24.2. The summed E-state index contributed by atoms with van der Waals surface area (Å²) in [5.74, 6) is -0.661. The maximum absolute atomic E-state index is 13.0. The van der Waals surface area contributed by atoms with Gasteiger partial charge in [-0.05, 0) is 49.5 Å². The van der Waals surface area contributed by atoms with Crippen molar-refractivity contribution in [2.75, 3.05) is 26.4 Å². The van der Waals surface area contributed by atoms with Gasteiger partial charge in [0, 0.05) is 36.0 Å². The molecule has 2 saturated heterocycles. The number of fused-ring (bicyclic) bond motifs is 6. The first-order valence-electron chi connectivity index (χ1n) is 13.8. The van der Waals surface area contributed by atoms with Gasteiger partial charge >= 0.3 is 0 Å². The van der Waals surface area contributed by atoms with Crippen LogP contribution in [-0.2, 0) is 24.5 Å². The van der Waals surface area contributed by atoms with Crippen molar-refractivity contribution in [3.63, 3.8) is 0 Å². The molecule has 4 saturated carbocycles. The number of ether oxygens (including phenoxy) is 4. The van der Waals surface area contributed by atoms with Gasteiger partial charge in [-0.2, -0.15) is 0 Å². The monoisotopic (exact) mass is 484 g/mol. The van der Waals surface area contributed by atoms with Crippen LogP contribution in [0.15, 0.2) is 30.3 Å². The van der Waals surface area contributed by atoms with Crippen molar-refractivity contribution in [1.29, 1.82) is 0 Å². The molecule has 2 spiro atoms. The Bertz CT molecular complexity index is 986. The third-order valence-electron chi connectivity index (χ3n) is 11.6. The van der Waals surface area contributed by atoms with E-state index in [1.807, 2.05) is 18.2 Å². The zero-order valence-corrected chi connectivity index (χ0v) is 21.1. The van der Waals surface area contributed by atoms with Gasteiger partial charge in [0.2, 0.25) is 0 Å². The van der Waals surface area contributed by atoms with Gasteiger partial charge in [0.05, 0.1) is 37.6 Å². The first-order chi connectivity index (χ1) is 16.7. The van der Waals surface area contributed by atoms with Gasteiger partial charge in [-0.3, -0.25) is 0 Å². The fourth-order valence-electron chi connectivity index (χ4n) is 10.1. The highest BCUT2D eigenvalue weighted by Crippen LogP contribution is 2.74. The molecule has 4 aliphatic carbocycles. The second-order valence-electron chi connectivity index (χ2n) is 12.9. The Morgan fingerprint density at radius 2 is 1.43 bits per heavy atom. The first-order valence-corrected chi connectivity index (χ1v) is 13.8.